The van der Waals surface area contributed by atoms with Gasteiger partial charge in [-0.25, -0.2) is 8.42 Å². The summed E-state index contributed by atoms with van der Waals surface area (Å²) in [4.78, 5) is 13.0. The Morgan fingerprint density at radius 2 is 1.47 bits per heavy atom. The largest absolute Gasteiger partial charge is 0.348 e. The first-order valence-corrected chi connectivity index (χ1v) is 12.0. The number of rotatable bonds is 6. The minimum atomic E-state index is -3.65. The molecule has 0 bridgehead atoms. The van der Waals surface area contributed by atoms with E-state index in [4.69, 9.17) is 0 Å². The molecule has 2 aromatic rings. The quantitative estimate of drug-likeness (QED) is 0.726. The van der Waals surface area contributed by atoms with Crippen molar-refractivity contribution in [3.63, 3.8) is 0 Å². The zero-order valence-corrected chi connectivity index (χ0v) is 20.1. The van der Waals surface area contributed by atoms with Crippen molar-refractivity contribution in [1.29, 1.82) is 0 Å². The Balaban J connectivity index is 2.25. The summed E-state index contributed by atoms with van der Waals surface area (Å²) >= 11 is 0. The number of amides is 1. The second kappa shape index (κ2) is 8.80. The minimum Gasteiger partial charge on any atom is -0.348 e. The molecule has 1 N–H and O–H groups in total. The van der Waals surface area contributed by atoms with Crippen molar-refractivity contribution < 1.29 is 13.2 Å². The second-order valence-corrected chi connectivity index (χ2v) is 11.0. The van der Waals surface area contributed by atoms with Crippen LogP contribution < -0.4 is 9.62 Å². The molecule has 2 rings (SSSR count). The highest BCUT2D eigenvalue weighted by molar-refractivity contribution is 7.92. The van der Waals surface area contributed by atoms with Gasteiger partial charge in [-0.1, -0.05) is 51.1 Å². The predicted octanol–water partition coefficient (Wildman–Crippen LogP) is 4.63. The van der Waals surface area contributed by atoms with Gasteiger partial charge in [-0.3, -0.25) is 9.10 Å². The van der Waals surface area contributed by atoms with E-state index in [1.54, 1.807) is 19.1 Å². The molecule has 2 atom stereocenters. The lowest BCUT2D eigenvalue weighted by Gasteiger charge is -2.30. The Hall–Kier alpha value is -2.34. The lowest BCUT2D eigenvalue weighted by Crippen LogP contribution is -2.48. The van der Waals surface area contributed by atoms with Crippen LogP contribution in [0.5, 0.6) is 0 Å². The first kappa shape index (κ1) is 23.9. The third kappa shape index (κ3) is 5.85. The van der Waals surface area contributed by atoms with Crippen LogP contribution in [0.15, 0.2) is 42.5 Å². The van der Waals surface area contributed by atoms with Crippen LogP contribution in [0, 0.1) is 13.8 Å². The van der Waals surface area contributed by atoms with E-state index in [0.29, 0.717) is 5.69 Å². The Bertz CT molecular complexity index is 985. The highest BCUT2D eigenvalue weighted by atomic mass is 32.2. The topological polar surface area (TPSA) is 66.5 Å². The van der Waals surface area contributed by atoms with E-state index in [0.717, 1.165) is 22.9 Å². The zero-order valence-electron chi connectivity index (χ0n) is 19.3. The lowest BCUT2D eigenvalue weighted by molar-refractivity contribution is -0.122. The third-order valence-corrected chi connectivity index (χ3v) is 6.43. The van der Waals surface area contributed by atoms with E-state index in [9.17, 15) is 13.2 Å². The van der Waals surface area contributed by atoms with Crippen LogP contribution in [0.3, 0.4) is 0 Å². The summed E-state index contributed by atoms with van der Waals surface area (Å²) in [5, 5.41) is 2.96. The van der Waals surface area contributed by atoms with E-state index in [1.807, 2.05) is 39.0 Å². The highest BCUT2D eigenvalue weighted by Crippen LogP contribution is 2.26. The Labute approximate surface area is 181 Å². The van der Waals surface area contributed by atoms with Crippen molar-refractivity contribution in [3.05, 3.63) is 64.7 Å². The summed E-state index contributed by atoms with van der Waals surface area (Å²) in [6.07, 6.45) is 1.13. The Kier molecular flexibility index (Phi) is 7.02. The molecule has 0 saturated heterocycles. The van der Waals surface area contributed by atoms with Gasteiger partial charge in [0.1, 0.15) is 6.04 Å². The van der Waals surface area contributed by atoms with Crippen LogP contribution in [0.25, 0.3) is 0 Å². The van der Waals surface area contributed by atoms with Crippen LogP contribution in [0.4, 0.5) is 5.69 Å². The molecule has 6 heteroatoms. The maximum atomic E-state index is 13.0. The zero-order chi connectivity index (χ0) is 22.9. The van der Waals surface area contributed by atoms with Gasteiger partial charge in [0.2, 0.25) is 15.9 Å². The molecule has 1 amide bonds. The first-order chi connectivity index (χ1) is 13.7. The average molecular weight is 431 g/mol. The lowest BCUT2D eigenvalue weighted by atomic mass is 9.86. The summed E-state index contributed by atoms with van der Waals surface area (Å²) in [7, 11) is -3.65. The molecule has 0 saturated carbocycles. The highest BCUT2D eigenvalue weighted by Gasteiger charge is 2.30. The van der Waals surface area contributed by atoms with Crippen LogP contribution in [0.2, 0.25) is 0 Å². The molecule has 30 heavy (non-hydrogen) atoms. The molecule has 0 unspecified atom stereocenters. The molecule has 5 nitrogen and oxygen atoms in total. The fourth-order valence-corrected chi connectivity index (χ4v) is 4.73. The standard InChI is InChI=1S/C24H34N2O3S/c1-16-13-17(2)15-22(14-16)26(30(8,28)29)19(4)23(27)25-18(3)20-9-11-21(12-10-20)24(5,6)7/h9-15,18-19H,1-8H3,(H,25,27)/t18-,19+/m1/s1. The normalized spacial score (nSPS) is 14.1. The molecule has 164 valence electrons. The molecule has 0 fully saturated rings. The van der Waals surface area contributed by atoms with E-state index in [-0.39, 0.29) is 17.4 Å². The SMILES string of the molecule is Cc1cc(C)cc(N([C@@H](C)C(=O)N[C@H](C)c2ccc(C(C)(C)C)cc2)S(C)(=O)=O)c1. The van der Waals surface area contributed by atoms with Gasteiger partial charge in [0.25, 0.3) is 0 Å². The van der Waals surface area contributed by atoms with Crippen molar-refractivity contribution >= 4 is 21.6 Å². The number of hydrogen-bond donors (Lipinski definition) is 1. The number of carbonyl (C=O) groups excluding carboxylic acids is 1. The van der Waals surface area contributed by atoms with Crippen molar-refractivity contribution in [1.82, 2.24) is 5.32 Å². The second-order valence-electron chi connectivity index (χ2n) is 9.18. The molecule has 0 spiro atoms. The fraction of sp³-hybridized carbons (Fsp3) is 0.458. The maximum absolute atomic E-state index is 13.0. The summed E-state index contributed by atoms with van der Waals surface area (Å²) in [6, 6.07) is 12.6. The van der Waals surface area contributed by atoms with Gasteiger partial charge in [-0.05, 0) is 67.5 Å². The van der Waals surface area contributed by atoms with Crippen LogP contribution >= 0.6 is 0 Å². The molecular formula is C24H34N2O3S. The smallest absolute Gasteiger partial charge is 0.244 e. The van der Waals surface area contributed by atoms with Gasteiger partial charge < -0.3 is 5.32 Å². The number of nitrogens with zero attached hydrogens (tertiary/aromatic N) is 1. The predicted molar refractivity (Wildman–Crippen MR) is 124 cm³/mol. The number of aryl methyl sites for hydroxylation is 2. The number of carbonyl (C=O) groups is 1. The van der Waals surface area contributed by atoms with Crippen molar-refractivity contribution in [2.75, 3.05) is 10.6 Å². The number of hydrogen-bond acceptors (Lipinski definition) is 3. The van der Waals surface area contributed by atoms with Crippen molar-refractivity contribution in [2.24, 2.45) is 0 Å². The summed E-state index contributed by atoms with van der Waals surface area (Å²) in [6.45, 7) is 13.8. The van der Waals surface area contributed by atoms with Gasteiger partial charge in [-0.2, -0.15) is 0 Å². The molecule has 0 aliphatic carbocycles. The average Bonchev–Trinajstić information content (AvgIpc) is 2.59. The molecule has 0 aromatic heterocycles. The molecule has 0 heterocycles. The van der Waals surface area contributed by atoms with E-state index < -0.39 is 16.1 Å². The molecular weight excluding hydrogens is 396 g/mol. The number of anilines is 1. The van der Waals surface area contributed by atoms with Gasteiger partial charge in [0.15, 0.2) is 0 Å². The Morgan fingerprint density at radius 1 is 0.967 bits per heavy atom. The summed E-state index contributed by atoms with van der Waals surface area (Å²) in [5.41, 5.74) is 4.63. The number of sulfonamides is 1. The number of benzene rings is 2. The fourth-order valence-electron chi connectivity index (χ4n) is 3.58. The third-order valence-electron chi connectivity index (χ3n) is 5.18. The molecule has 0 aliphatic rings. The molecule has 0 aliphatic heterocycles. The van der Waals surface area contributed by atoms with Crippen molar-refractivity contribution in [2.45, 2.75) is 66.0 Å². The summed E-state index contributed by atoms with van der Waals surface area (Å²) in [5.74, 6) is -0.341. The Morgan fingerprint density at radius 3 is 1.90 bits per heavy atom. The monoisotopic (exact) mass is 430 g/mol. The molecule has 2 aromatic carbocycles. The minimum absolute atomic E-state index is 0.0570. The van der Waals surface area contributed by atoms with Gasteiger partial charge >= 0.3 is 0 Å². The molecule has 0 radical (unpaired) electrons. The van der Waals surface area contributed by atoms with E-state index in [1.165, 1.54) is 9.87 Å². The first-order valence-electron chi connectivity index (χ1n) is 10.2. The maximum Gasteiger partial charge on any atom is 0.244 e. The van der Waals surface area contributed by atoms with E-state index >= 15 is 0 Å². The van der Waals surface area contributed by atoms with Crippen LogP contribution in [0.1, 0.15) is 62.9 Å². The van der Waals surface area contributed by atoms with E-state index in [2.05, 4.69) is 38.2 Å². The van der Waals surface area contributed by atoms with Gasteiger partial charge in [0.05, 0.1) is 18.0 Å². The van der Waals surface area contributed by atoms with Crippen LogP contribution in [-0.4, -0.2) is 26.6 Å². The van der Waals surface area contributed by atoms with Crippen LogP contribution in [-0.2, 0) is 20.2 Å². The van der Waals surface area contributed by atoms with Gasteiger partial charge in [0, 0.05) is 0 Å². The van der Waals surface area contributed by atoms with Gasteiger partial charge in [-0.15, -0.1) is 0 Å². The van der Waals surface area contributed by atoms with Crippen molar-refractivity contribution in [3.8, 4) is 0 Å². The number of nitrogens with one attached hydrogen (secondary N) is 1. The summed E-state index contributed by atoms with van der Waals surface area (Å²) < 4.78 is 26.3.